The van der Waals surface area contributed by atoms with Crippen molar-refractivity contribution in [1.82, 2.24) is 4.90 Å². The van der Waals surface area contributed by atoms with Gasteiger partial charge in [-0.05, 0) is 23.4 Å². The SMILES string of the molecule is NCCN(CCc1ccccc1)C(=O)c1ccsc1. The number of thiophene rings is 1. The molecule has 0 saturated heterocycles. The second-order valence-corrected chi connectivity index (χ2v) is 5.11. The number of benzene rings is 1. The average molecular weight is 274 g/mol. The zero-order chi connectivity index (χ0) is 13.5. The first kappa shape index (κ1) is 13.8. The van der Waals surface area contributed by atoms with Gasteiger partial charge < -0.3 is 10.6 Å². The molecule has 0 radical (unpaired) electrons. The van der Waals surface area contributed by atoms with Crippen molar-refractivity contribution in [3.8, 4) is 0 Å². The fourth-order valence-electron chi connectivity index (χ4n) is 1.95. The Morgan fingerprint density at radius 1 is 1.16 bits per heavy atom. The first-order valence-corrected chi connectivity index (χ1v) is 7.31. The standard InChI is InChI=1S/C15H18N2OS/c16-8-10-17(15(18)14-7-11-19-12-14)9-6-13-4-2-1-3-5-13/h1-5,7,11-12H,6,8-10,16H2. The summed E-state index contributed by atoms with van der Waals surface area (Å²) in [5.74, 6) is 0.0719. The van der Waals surface area contributed by atoms with E-state index in [1.54, 1.807) is 0 Å². The largest absolute Gasteiger partial charge is 0.337 e. The molecule has 1 heterocycles. The molecule has 2 N–H and O–H groups in total. The third kappa shape index (κ3) is 3.91. The molecular formula is C15H18N2OS. The van der Waals surface area contributed by atoms with Crippen LogP contribution in [0.25, 0.3) is 0 Å². The van der Waals surface area contributed by atoms with Crippen molar-refractivity contribution in [2.45, 2.75) is 6.42 Å². The van der Waals surface area contributed by atoms with Gasteiger partial charge in [0.2, 0.25) is 0 Å². The van der Waals surface area contributed by atoms with Crippen LogP contribution in [0.15, 0.2) is 47.2 Å². The van der Waals surface area contributed by atoms with Crippen molar-refractivity contribution in [2.75, 3.05) is 19.6 Å². The molecule has 0 spiro atoms. The quantitative estimate of drug-likeness (QED) is 0.879. The molecule has 3 nitrogen and oxygen atoms in total. The molecule has 100 valence electrons. The van der Waals surface area contributed by atoms with Crippen LogP contribution in [-0.2, 0) is 6.42 Å². The van der Waals surface area contributed by atoms with Crippen LogP contribution in [0, 0.1) is 0 Å². The summed E-state index contributed by atoms with van der Waals surface area (Å²) < 4.78 is 0. The zero-order valence-corrected chi connectivity index (χ0v) is 11.6. The third-order valence-corrected chi connectivity index (χ3v) is 3.65. The van der Waals surface area contributed by atoms with Crippen molar-refractivity contribution in [3.05, 3.63) is 58.3 Å². The van der Waals surface area contributed by atoms with E-state index in [0.29, 0.717) is 19.6 Å². The van der Waals surface area contributed by atoms with Gasteiger partial charge in [0.05, 0.1) is 5.56 Å². The Bertz CT molecular complexity index is 496. The molecule has 0 atom stereocenters. The van der Waals surface area contributed by atoms with Crippen molar-refractivity contribution in [3.63, 3.8) is 0 Å². The highest BCUT2D eigenvalue weighted by atomic mass is 32.1. The summed E-state index contributed by atoms with van der Waals surface area (Å²) in [7, 11) is 0. The highest BCUT2D eigenvalue weighted by Gasteiger charge is 2.15. The second-order valence-electron chi connectivity index (χ2n) is 4.33. The number of hydrogen-bond donors (Lipinski definition) is 1. The van der Waals surface area contributed by atoms with Crippen molar-refractivity contribution < 1.29 is 4.79 Å². The normalized spacial score (nSPS) is 10.4. The van der Waals surface area contributed by atoms with E-state index in [2.05, 4.69) is 12.1 Å². The van der Waals surface area contributed by atoms with E-state index in [0.717, 1.165) is 12.0 Å². The molecule has 0 unspecified atom stereocenters. The molecule has 1 aromatic heterocycles. The molecule has 2 rings (SSSR count). The first-order valence-electron chi connectivity index (χ1n) is 6.36. The van der Waals surface area contributed by atoms with Crippen LogP contribution in [-0.4, -0.2) is 30.4 Å². The molecule has 1 aromatic carbocycles. The number of rotatable bonds is 6. The van der Waals surface area contributed by atoms with Crippen LogP contribution >= 0.6 is 11.3 Å². The summed E-state index contributed by atoms with van der Waals surface area (Å²) in [6, 6.07) is 12.1. The summed E-state index contributed by atoms with van der Waals surface area (Å²) >= 11 is 1.54. The van der Waals surface area contributed by atoms with Gasteiger partial charge in [0, 0.05) is 25.0 Å². The van der Waals surface area contributed by atoms with Gasteiger partial charge in [-0.15, -0.1) is 0 Å². The van der Waals surface area contributed by atoms with E-state index in [4.69, 9.17) is 5.73 Å². The minimum atomic E-state index is 0.0719. The maximum absolute atomic E-state index is 12.3. The second kappa shape index (κ2) is 7.07. The first-order chi connectivity index (χ1) is 9.31. The lowest BCUT2D eigenvalue weighted by Gasteiger charge is -2.21. The van der Waals surface area contributed by atoms with E-state index in [-0.39, 0.29) is 5.91 Å². The fourth-order valence-corrected chi connectivity index (χ4v) is 2.58. The average Bonchev–Trinajstić information content (AvgIpc) is 2.98. The predicted octanol–water partition coefficient (Wildman–Crippen LogP) is 2.39. The van der Waals surface area contributed by atoms with Crippen molar-refractivity contribution in [1.29, 1.82) is 0 Å². The molecular weight excluding hydrogens is 256 g/mol. The molecule has 0 aliphatic rings. The van der Waals surface area contributed by atoms with Gasteiger partial charge in [-0.25, -0.2) is 0 Å². The van der Waals surface area contributed by atoms with Gasteiger partial charge in [-0.3, -0.25) is 4.79 Å². The van der Waals surface area contributed by atoms with E-state index in [9.17, 15) is 4.79 Å². The summed E-state index contributed by atoms with van der Waals surface area (Å²) in [6.07, 6.45) is 0.858. The summed E-state index contributed by atoms with van der Waals surface area (Å²) in [4.78, 5) is 14.1. The van der Waals surface area contributed by atoms with Gasteiger partial charge >= 0.3 is 0 Å². The van der Waals surface area contributed by atoms with Crippen molar-refractivity contribution >= 4 is 17.2 Å². The molecule has 19 heavy (non-hydrogen) atoms. The zero-order valence-electron chi connectivity index (χ0n) is 10.8. The Labute approximate surface area is 117 Å². The van der Waals surface area contributed by atoms with Crippen LogP contribution in [0.2, 0.25) is 0 Å². The number of nitrogens with zero attached hydrogens (tertiary/aromatic N) is 1. The lowest BCUT2D eigenvalue weighted by Crippen LogP contribution is -2.36. The van der Waals surface area contributed by atoms with Crippen LogP contribution in [0.1, 0.15) is 15.9 Å². The monoisotopic (exact) mass is 274 g/mol. The van der Waals surface area contributed by atoms with Crippen molar-refractivity contribution in [2.24, 2.45) is 5.73 Å². The van der Waals surface area contributed by atoms with Crippen LogP contribution in [0.4, 0.5) is 0 Å². The highest BCUT2D eigenvalue weighted by Crippen LogP contribution is 2.10. The van der Waals surface area contributed by atoms with Gasteiger partial charge in [0.25, 0.3) is 5.91 Å². The lowest BCUT2D eigenvalue weighted by atomic mass is 10.1. The van der Waals surface area contributed by atoms with Crippen LogP contribution < -0.4 is 5.73 Å². The van der Waals surface area contributed by atoms with Gasteiger partial charge in [-0.1, -0.05) is 30.3 Å². The number of carbonyl (C=O) groups excluding carboxylic acids is 1. The van der Waals surface area contributed by atoms with E-state index in [1.165, 1.54) is 16.9 Å². The van der Waals surface area contributed by atoms with Crippen LogP contribution in [0.3, 0.4) is 0 Å². The molecule has 4 heteroatoms. The molecule has 0 fully saturated rings. The number of carbonyl (C=O) groups is 1. The molecule has 2 aromatic rings. The van der Waals surface area contributed by atoms with Gasteiger partial charge in [-0.2, -0.15) is 11.3 Å². The van der Waals surface area contributed by atoms with E-state index in [1.807, 2.05) is 39.9 Å². The summed E-state index contributed by atoms with van der Waals surface area (Å²) in [5.41, 5.74) is 7.59. The minimum absolute atomic E-state index is 0.0719. The topological polar surface area (TPSA) is 46.3 Å². The van der Waals surface area contributed by atoms with Gasteiger partial charge in [0.15, 0.2) is 0 Å². The molecule has 1 amide bonds. The van der Waals surface area contributed by atoms with Gasteiger partial charge in [0.1, 0.15) is 0 Å². The maximum atomic E-state index is 12.3. The summed E-state index contributed by atoms with van der Waals surface area (Å²) in [6.45, 7) is 1.79. The Kier molecular flexibility index (Phi) is 5.12. The Balaban J connectivity index is 1.98. The number of amides is 1. The maximum Gasteiger partial charge on any atom is 0.254 e. The Hall–Kier alpha value is -1.65. The third-order valence-electron chi connectivity index (χ3n) is 2.97. The molecule has 0 aliphatic heterocycles. The predicted molar refractivity (Wildman–Crippen MR) is 79.4 cm³/mol. The molecule has 0 saturated carbocycles. The van der Waals surface area contributed by atoms with E-state index >= 15 is 0 Å². The minimum Gasteiger partial charge on any atom is -0.337 e. The van der Waals surface area contributed by atoms with Crippen LogP contribution in [0.5, 0.6) is 0 Å². The Morgan fingerprint density at radius 3 is 2.58 bits per heavy atom. The molecule has 0 aliphatic carbocycles. The highest BCUT2D eigenvalue weighted by molar-refractivity contribution is 7.08. The Morgan fingerprint density at radius 2 is 1.95 bits per heavy atom. The lowest BCUT2D eigenvalue weighted by molar-refractivity contribution is 0.0762. The molecule has 0 bridgehead atoms. The smallest absolute Gasteiger partial charge is 0.254 e. The number of hydrogen-bond acceptors (Lipinski definition) is 3. The van der Waals surface area contributed by atoms with E-state index < -0.39 is 0 Å². The fraction of sp³-hybridized carbons (Fsp3) is 0.267. The number of nitrogens with two attached hydrogens (primary N) is 1. The summed E-state index contributed by atoms with van der Waals surface area (Å²) in [5, 5.41) is 3.80.